The first-order chi connectivity index (χ1) is 9.53. The number of rotatable bonds is 5. The van der Waals surface area contributed by atoms with Crippen LogP contribution in [0.4, 0.5) is 5.69 Å². The molecular weight excluding hydrogens is 261 g/mol. The number of methoxy groups -OCH3 is 3. The molecule has 0 aliphatic rings. The van der Waals surface area contributed by atoms with Crippen LogP contribution < -0.4 is 15.5 Å². The van der Waals surface area contributed by atoms with Gasteiger partial charge < -0.3 is 19.5 Å². The van der Waals surface area contributed by atoms with Gasteiger partial charge in [0.2, 0.25) is 0 Å². The van der Waals surface area contributed by atoms with Gasteiger partial charge >= 0.3 is 11.9 Å². The van der Waals surface area contributed by atoms with Gasteiger partial charge in [-0.2, -0.15) is 0 Å². The molecule has 0 bridgehead atoms. The molecule has 1 aromatic rings. The molecule has 0 saturated heterocycles. The minimum absolute atomic E-state index is 0.0979. The Kier molecular flexibility index (Phi) is 5.64. The monoisotopic (exact) mass is 275 g/mol. The van der Waals surface area contributed by atoms with Crippen molar-refractivity contribution >= 4 is 30.9 Å². The summed E-state index contributed by atoms with van der Waals surface area (Å²) < 4.78 is 14.1. The van der Waals surface area contributed by atoms with E-state index in [2.05, 4.69) is 14.8 Å². The van der Waals surface area contributed by atoms with Crippen molar-refractivity contribution in [3.63, 3.8) is 0 Å². The van der Waals surface area contributed by atoms with Crippen molar-refractivity contribution in [1.29, 1.82) is 0 Å². The van der Waals surface area contributed by atoms with Gasteiger partial charge in [0.1, 0.15) is 19.3 Å². The topological polar surface area (TPSA) is 73.9 Å². The zero-order valence-electron chi connectivity index (χ0n) is 11.4. The fraction of sp³-hybridized carbons (Fsp3) is 0.231. The zero-order valence-corrected chi connectivity index (χ0v) is 11.4. The molecule has 0 aliphatic carbocycles. The molecule has 0 fully saturated rings. The van der Waals surface area contributed by atoms with Gasteiger partial charge in [0.05, 0.1) is 27.4 Å². The van der Waals surface area contributed by atoms with Crippen molar-refractivity contribution in [1.82, 2.24) is 0 Å². The third-order valence-electron chi connectivity index (χ3n) is 2.42. The summed E-state index contributed by atoms with van der Waals surface area (Å²) in [5, 5.41) is 2.72. The van der Waals surface area contributed by atoms with Crippen LogP contribution >= 0.6 is 0 Å². The van der Waals surface area contributed by atoms with Crippen LogP contribution in [0.1, 0.15) is 0 Å². The quantitative estimate of drug-likeness (QED) is 0.468. The van der Waals surface area contributed by atoms with Crippen LogP contribution in [0, 0.1) is 0 Å². The van der Waals surface area contributed by atoms with Gasteiger partial charge in [-0.1, -0.05) is 6.07 Å². The van der Waals surface area contributed by atoms with Crippen molar-refractivity contribution < 1.29 is 23.8 Å². The lowest BCUT2D eigenvalue weighted by molar-refractivity contribution is -0.138. The predicted molar refractivity (Wildman–Crippen MR) is 74.1 cm³/mol. The average molecular weight is 275 g/mol. The summed E-state index contributed by atoms with van der Waals surface area (Å²) in [5.74, 6) is -0.978. The van der Waals surface area contributed by atoms with Gasteiger partial charge in [0.15, 0.2) is 0 Å². The lowest BCUT2D eigenvalue weighted by Gasteiger charge is -2.14. The number of carbonyl (C=O) groups is 2. The number of esters is 2. The lowest BCUT2D eigenvalue weighted by atomic mass is 9.92. The Morgan fingerprint density at radius 3 is 2.45 bits per heavy atom. The molecule has 6 nitrogen and oxygen atoms in total. The number of nitrogens with one attached hydrogen (secondary N) is 1. The molecule has 0 unspecified atom stereocenters. The first kappa shape index (κ1) is 15.6. The van der Waals surface area contributed by atoms with Crippen molar-refractivity contribution in [2.24, 2.45) is 0 Å². The average Bonchev–Trinajstić information content (AvgIpc) is 2.47. The first-order valence-electron chi connectivity index (χ1n) is 5.61. The van der Waals surface area contributed by atoms with Gasteiger partial charge in [0, 0.05) is 5.69 Å². The van der Waals surface area contributed by atoms with Crippen LogP contribution in [-0.2, 0) is 19.1 Å². The van der Waals surface area contributed by atoms with Crippen LogP contribution in [-0.4, -0.2) is 41.1 Å². The summed E-state index contributed by atoms with van der Waals surface area (Å²) in [6, 6.07) is 4.98. The molecule has 1 aromatic carbocycles. The summed E-state index contributed by atoms with van der Waals surface area (Å²) in [4.78, 5) is 22.8. The van der Waals surface area contributed by atoms with Crippen LogP contribution in [0.5, 0.6) is 5.75 Å². The fourth-order valence-electron chi connectivity index (χ4n) is 1.41. The molecular formula is C13H14BNO5. The smallest absolute Gasteiger partial charge is 0.354 e. The molecule has 0 aliphatic heterocycles. The highest BCUT2D eigenvalue weighted by atomic mass is 16.5. The van der Waals surface area contributed by atoms with Crippen molar-refractivity contribution in [2.75, 3.05) is 26.6 Å². The summed E-state index contributed by atoms with van der Waals surface area (Å²) in [7, 11) is 9.74. The number of hydrogen-bond acceptors (Lipinski definition) is 6. The SMILES string of the molecule is [B]c1c(N/C(=C/C(=O)OC)C(=O)OC)cccc1OC. The van der Waals surface area contributed by atoms with Gasteiger partial charge in [0.25, 0.3) is 0 Å². The predicted octanol–water partition coefficient (Wildman–Crippen LogP) is 0.131. The third-order valence-corrected chi connectivity index (χ3v) is 2.42. The Labute approximate surface area is 118 Å². The normalized spacial score (nSPS) is 10.7. The number of ether oxygens (including phenoxy) is 3. The molecule has 0 saturated carbocycles. The van der Waals surface area contributed by atoms with E-state index in [9.17, 15) is 9.59 Å². The molecule has 1 rings (SSSR count). The van der Waals surface area contributed by atoms with Crippen LogP contribution in [0.15, 0.2) is 30.0 Å². The maximum atomic E-state index is 11.6. The number of anilines is 1. The highest BCUT2D eigenvalue weighted by Crippen LogP contribution is 2.15. The van der Waals surface area contributed by atoms with Crippen LogP contribution in [0.25, 0.3) is 0 Å². The molecule has 20 heavy (non-hydrogen) atoms. The fourth-order valence-corrected chi connectivity index (χ4v) is 1.41. The molecule has 7 heteroatoms. The number of benzene rings is 1. The standard InChI is InChI=1S/C13H14BNO5/c1-18-10-6-4-5-8(12(10)14)15-9(13(17)20-3)7-11(16)19-2/h4-7,15H,1-3H3/b9-7+. The van der Waals surface area contributed by atoms with E-state index in [1.807, 2.05) is 0 Å². The highest BCUT2D eigenvalue weighted by Gasteiger charge is 2.14. The summed E-state index contributed by atoms with van der Waals surface area (Å²) >= 11 is 0. The van der Waals surface area contributed by atoms with Crippen molar-refractivity contribution in [2.45, 2.75) is 0 Å². The molecule has 1 N–H and O–H groups in total. The van der Waals surface area contributed by atoms with Gasteiger partial charge in [-0.15, -0.1) is 0 Å². The van der Waals surface area contributed by atoms with E-state index in [0.717, 1.165) is 6.08 Å². The summed E-state index contributed by atoms with van der Waals surface area (Å²) in [6.45, 7) is 0. The minimum atomic E-state index is -0.724. The van der Waals surface area contributed by atoms with E-state index in [-0.39, 0.29) is 5.70 Å². The molecule has 0 atom stereocenters. The molecule has 104 valence electrons. The van der Waals surface area contributed by atoms with Crippen molar-refractivity contribution in [3.05, 3.63) is 30.0 Å². The Balaban J connectivity index is 3.11. The summed E-state index contributed by atoms with van der Waals surface area (Å²) in [5.41, 5.74) is 0.610. The Bertz CT molecular complexity index is 542. The second-order valence-electron chi connectivity index (χ2n) is 3.62. The Morgan fingerprint density at radius 2 is 1.90 bits per heavy atom. The van der Waals surface area contributed by atoms with E-state index in [0.29, 0.717) is 16.9 Å². The summed E-state index contributed by atoms with van der Waals surface area (Å²) in [6.07, 6.45) is 0.977. The van der Waals surface area contributed by atoms with Gasteiger partial charge in [-0.25, -0.2) is 9.59 Å². The Morgan fingerprint density at radius 1 is 1.20 bits per heavy atom. The maximum Gasteiger partial charge on any atom is 0.354 e. The van der Waals surface area contributed by atoms with E-state index < -0.39 is 11.9 Å². The number of hydrogen-bond donors (Lipinski definition) is 1. The third kappa shape index (κ3) is 3.78. The molecule has 0 amide bonds. The largest absolute Gasteiger partial charge is 0.497 e. The van der Waals surface area contributed by atoms with Crippen LogP contribution in [0.3, 0.4) is 0 Å². The molecule has 2 radical (unpaired) electrons. The number of carbonyl (C=O) groups excluding carboxylic acids is 2. The van der Waals surface area contributed by atoms with E-state index in [1.54, 1.807) is 18.2 Å². The van der Waals surface area contributed by atoms with Gasteiger partial charge in [-0.3, -0.25) is 0 Å². The van der Waals surface area contributed by atoms with E-state index in [4.69, 9.17) is 12.6 Å². The second-order valence-corrected chi connectivity index (χ2v) is 3.62. The van der Waals surface area contributed by atoms with E-state index in [1.165, 1.54) is 21.3 Å². The first-order valence-corrected chi connectivity index (χ1v) is 5.61. The van der Waals surface area contributed by atoms with Crippen molar-refractivity contribution in [3.8, 4) is 5.75 Å². The lowest BCUT2D eigenvalue weighted by Crippen LogP contribution is -2.20. The molecule has 0 spiro atoms. The van der Waals surface area contributed by atoms with E-state index >= 15 is 0 Å². The zero-order chi connectivity index (χ0) is 15.1. The second kappa shape index (κ2) is 7.23. The highest BCUT2D eigenvalue weighted by molar-refractivity contribution is 6.38. The molecule has 0 heterocycles. The minimum Gasteiger partial charge on any atom is -0.497 e. The van der Waals surface area contributed by atoms with Gasteiger partial charge in [-0.05, 0) is 17.6 Å². The Hall–Kier alpha value is -2.44. The van der Waals surface area contributed by atoms with Crippen LogP contribution in [0.2, 0.25) is 0 Å². The maximum absolute atomic E-state index is 11.6. The molecule has 0 aromatic heterocycles.